The second-order valence-electron chi connectivity index (χ2n) is 3.63. The molecule has 0 saturated carbocycles. The summed E-state index contributed by atoms with van der Waals surface area (Å²) in [6.45, 7) is 3.14. The quantitative estimate of drug-likeness (QED) is 0.577. The van der Waals surface area contributed by atoms with E-state index in [1.54, 1.807) is 0 Å². The number of hydrogen-bond acceptors (Lipinski definition) is 4. The fourth-order valence-electron chi connectivity index (χ4n) is 1.34. The first kappa shape index (κ1) is 14.9. The van der Waals surface area contributed by atoms with Gasteiger partial charge in [-0.2, -0.15) is 0 Å². The highest BCUT2D eigenvalue weighted by atomic mass is 32.2. The SMILES string of the molecule is CCOCCCNS(=O)(=O)c1cc(F)ccc1N. The van der Waals surface area contributed by atoms with Crippen LogP contribution in [0.15, 0.2) is 23.1 Å². The number of hydrogen-bond donors (Lipinski definition) is 2. The van der Waals surface area contributed by atoms with Gasteiger partial charge in [-0.15, -0.1) is 0 Å². The Labute approximate surface area is 106 Å². The lowest BCUT2D eigenvalue weighted by Crippen LogP contribution is -2.26. The third-order valence-corrected chi connectivity index (χ3v) is 3.74. The van der Waals surface area contributed by atoms with E-state index in [2.05, 4.69) is 4.72 Å². The molecule has 18 heavy (non-hydrogen) atoms. The molecular weight excluding hydrogens is 259 g/mol. The van der Waals surface area contributed by atoms with Crippen LogP contribution >= 0.6 is 0 Å². The molecule has 0 aliphatic rings. The van der Waals surface area contributed by atoms with Crippen LogP contribution in [0, 0.1) is 5.82 Å². The number of benzene rings is 1. The minimum atomic E-state index is -3.77. The maximum atomic E-state index is 13.0. The summed E-state index contributed by atoms with van der Waals surface area (Å²) in [7, 11) is -3.77. The van der Waals surface area contributed by atoms with E-state index in [0.29, 0.717) is 19.6 Å². The van der Waals surface area contributed by atoms with E-state index in [1.807, 2.05) is 6.92 Å². The molecule has 3 N–H and O–H groups in total. The maximum Gasteiger partial charge on any atom is 0.242 e. The van der Waals surface area contributed by atoms with Crippen molar-refractivity contribution in [2.75, 3.05) is 25.5 Å². The molecule has 0 unspecified atom stereocenters. The van der Waals surface area contributed by atoms with Gasteiger partial charge in [0.05, 0.1) is 5.69 Å². The molecule has 0 atom stereocenters. The van der Waals surface area contributed by atoms with Crippen LogP contribution in [-0.4, -0.2) is 28.2 Å². The van der Waals surface area contributed by atoms with E-state index in [4.69, 9.17) is 10.5 Å². The highest BCUT2D eigenvalue weighted by Crippen LogP contribution is 2.18. The molecule has 1 rings (SSSR count). The lowest BCUT2D eigenvalue weighted by molar-refractivity contribution is 0.146. The Morgan fingerprint density at radius 1 is 1.44 bits per heavy atom. The molecule has 5 nitrogen and oxygen atoms in total. The summed E-state index contributed by atoms with van der Waals surface area (Å²) in [6, 6.07) is 3.24. The van der Waals surface area contributed by atoms with Crippen LogP contribution in [-0.2, 0) is 14.8 Å². The van der Waals surface area contributed by atoms with Crippen molar-refractivity contribution in [3.8, 4) is 0 Å². The van der Waals surface area contributed by atoms with Crippen molar-refractivity contribution in [3.63, 3.8) is 0 Å². The Kier molecular flexibility index (Phi) is 5.52. The van der Waals surface area contributed by atoms with Crippen molar-refractivity contribution >= 4 is 15.7 Å². The first-order valence-corrected chi connectivity index (χ1v) is 7.08. The van der Waals surface area contributed by atoms with E-state index in [9.17, 15) is 12.8 Å². The third-order valence-electron chi connectivity index (χ3n) is 2.23. The Morgan fingerprint density at radius 3 is 2.83 bits per heavy atom. The molecule has 102 valence electrons. The number of halogens is 1. The van der Waals surface area contributed by atoms with Crippen LogP contribution in [0.1, 0.15) is 13.3 Å². The van der Waals surface area contributed by atoms with Gasteiger partial charge >= 0.3 is 0 Å². The van der Waals surface area contributed by atoms with Crippen molar-refractivity contribution in [1.29, 1.82) is 0 Å². The molecule has 0 aromatic heterocycles. The van der Waals surface area contributed by atoms with Crippen molar-refractivity contribution in [1.82, 2.24) is 4.72 Å². The Morgan fingerprint density at radius 2 is 2.17 bits per heavy atom. The number of ether oxygens (including phenoxy) is 1. The molecule has 7 heteroatoms. The Bertz CT molecular complexity index is 491. The second kappa shape index (κ2) is 6.67. The first-order chi connectivity index (χ1) is 8.47. The Hall–Kier alpha value is -1.18. The largest absolute Gasteiger partial charge is 0.398 e. The summed E-state index contributed by atoms with van der Waals surface area (Å²) in [5.41, 5.74) is 5.54. The normalized spacial score (nSPS) is 11.7. The molecular formula is C11H17FN2O3S. The number of rotatable bonds is 7. The van der Waals surface area contributed by atoms with Crippen LogP contribution in [0.25, 0.3) is 0 Å². The number of nitrogens with two attached hydrogens (primary N) is 1. The van der Waals surface area contributed by atoms with Crippen molar-refractivity contribution in [2.45, 2.75) is 18.2 Å². The van der Waals surface area contributed by atoms with Gasteiger partial charge in [0.25, 0.3) is 0 Å². The van der Waals surface area contributed by atoms with E-state index in [1.165, 1.54) is 6.07 Å². The zero-order valence-corrected chi connectivity index (χ0v) is 11.0. The fraction of sp³-hybridized carbons (Fsp3) is 0.455. The van der Waals surface area contributed by atoms with Gasteiger partial charge in [0.15, 0.2) is 0 Å². The van der Waals surface area contributed by atoms with Crippen LogP contribution in [0.5, 0.6) is 0 Å². The highest BCUT2D eigenvalue weighted by Gasteiger charge is 2.17. The van der Waals surface area contributed by atoms with Crippen LogP contribution in [0.2, 0.25) is 0 Å². The Balaban J connectivity index is 2.66. The van der Waals surface area contributed by atoms with Gasteiger partial charge in [-0.25, -0.2) is 17.5 Å². The minimum absolute atomic E-state index is 0.0220. The molecule has 0 bridgehead atoms. The fourth-order valence-corrected chi connectivity index (χ4v) is 2.56. The van der Waals surface area contributed by atoms with Crippen molar-refractivity contribution in [2.24, 2.45) is 0 Å². The summed E-state index contributed by atoms with van der Waals surface area (Å²) in [6.07, 6.45) is 0.544. The van der Waals surface area contributed by atoms with E-state index < -0.39 is 15.8 Å². The molecule has 0 spiro atoms. The summed E-state index contributed by atoms with van der Waals surface area (Å²) in [5, 5.41) is 0. The van der Waals surface area contributed by atoms with Crippen LogP contribution in [0.4, 0.5) is 10.1 Å². The molecule has 0 heterocycles. The van der Waals surface area contributed by atoms with Crippen LogP contribution < -0.4 is 10.5 Å². The van der Waals surface area contributed by atoms with E-state index in [0.717, 1.165) is 12.1 Å². The average Bonchev–Trinajstić information content (AvgIpc) is 2.32. The maximum absolute atomic E-state index is 13.0. The van der Waals surface area contributed by atoms with Gasteiger partial charge in [0.1, 0.15) is 10.7 Å². The van der Waals surface area contributed by atoms with Gasteiger partial charge in [-0.05, 0) is 31.5 Å². The molecule has 0 amide bonds. The number of sulfonamides is 1. The third kappa shape index (κ3) is 4.25. The van der Waals surface area contributed by atoms with Crippen LogP contribution in [0.3, 0.4) is 0 Å². The number of nitrogen functional groups attached to an aromatic ring is 1. The van der Waals surface area contributed by atoms with Crippen molar-refractivity contribution in [3.05, 3.63) is 24.0 Å². The second-order valence-corrected chi connectivity index (χ2v) is 5.37. The summed E-state index contributed by atoms with van der Waals surface area (Å²) >= 11 is 0. The van der Waals surface area contributed by atoms with Gasteiger partial charge in [0, 0.05) is 19.8 Å². The average molecular weight is 276 g/mol. The molecule has 1 aromatic rings. The molecule has 0 saturated heterocycles. The highest BCUT2D eigenvalue weighted by molar-refractivity contribution is 7.89. The minimum Gasteiger partial charge on any atom is -0.398 e. The number of anilines is 1. The van der Waals surface area contributed by atoms with Gasteiger partial charge in [0.2, 0.25) is 10.0 Å². The number of nitrogens with one attached hydrogen (secondary N) is 1. The standard InChI is InChI=1S/C11H17FN2O3S/c1-2-17-7-3-6-14-18(15,16)11-8-9(12)4-5-10(11)13/h4-5,8,14H,2-3,6-7,13H2,1H3. The zero-order valence-electron chi connectivity index (χ0n) is 10.1. The molecule has 0 aliphatic carbocycles. The van der Waals surface area contributed by atoms with Gasteiger partial charge in [-0.1, -0.05) is 0 Å². The molecule has 0 radical (unpaired) electrons. The lowest BCUT2D eigenvalue weighted by atomic mass is 10.3. The van der Waals surface area contributed by atoms with Gasteiger partial charge < -0.3 is 10.5 Å². The summed E-state index contributed by atoms with van der Waals surface area (Å²) < 4.78 is 44.1. The molecule has 1 aromatic carbocycles. The molecule has 0 aliphatic heterocycles. The van der Waals surface area contributed by atoms with E-state index in [-0.39, 0.29) is 17.1 Å². The predicted molar refractivity (Wildman–Crippen MR) is 67.1 cm³/mol. The zero-order chi connectivity index (χ0) is 13.6. The summed E-state index contributed by atoms with van der Waals surface area (Å²) in [4.78, 5) is -0.237. The van der Waals surface area contributed by atoms with Crippen molar-refractivity contribution < 1.29 is 17.5 Å². The van der Waals surface area contributed by atoms with Gasteiger partial charge in [-0.3, -0.25) is 0 Å². The smallest absolute Gasteiger partial charge is 0.242 e. The topological polar surface area (TPSA) is 81.4 Å². The predicted octanol–water partition coefficient (Wildman–Crippen LogP) is 1.11. The molecule has 0 fully saturated rings. The first-order valence-electron chi connectivity index (χ1n) is 5.60. The monoisotopic (exact) mass is 276 g/mol. The lowest BCUT2D eigenvalue weighted by Gasteiger charge is -2.09. The van der Waals surface area contributed by atoms with E-state index >= 15 is 0 Å². The summed E-state index contributed by atoms with van der Waals surface area (Å²) in [5.74, 6) is -0.640.